The Balaban J connectivity index is 1.99. The Bertz CT molecular complexity index is 596. The molecule has 0 spiro atoms. The third kappa shape index (κ3) is 2.79. The summed E-state index contributed by atoms with van der Waals surface area (Å²) in [6.45, 7) is 5.44. The summed E-state index contributed by atoms with van der Waals surface area (Å²) in [4.78, 5) is 19.6. The fraction of sp³-hybridized carbons (Fsp3) is 0.615. The molecule has 8 heteroatoms. The fourth-order valence-corrected chi connectivity index (χ4v) is 2.58. The molecule has 0 saturated carbocycles. The summed E-state index contributed by atoms with van der Waals surface area (Å²) in [5, 5.41) is 7.07. The molecule has 1 aliphatic heterocycles. The molecule has 0 amide bonds. The van der Waals surface area contributed by atoms with Gasteiger partial charge < -0.3 is 10.2 Å². The molecular weight excluding hydrogens is 268 g/mol. The number of piperidine rings is 1. The Morgan fingerprint density at radius 1 is 1.14 bits per heavy atom. The minimum atomic E-state index is 0.428. The maximum Gasteiger partial charge on any atom is 0.258 e. The first-order chi connectivity index (χ1) is 10.2. The van der Waals surface area contributed by atoms with Crippen molar-refractivity contribution in [1.82, 2.24) is 29.7 Å². The Kier molecular flexibility index (Phi) is 3.68. The van der Waals surface area contributed by atoms with Crippen molar-refractivity contribution in [3.8, 4) is 5.95 Å². The van der Waals surface area contributed by atoms with E-state index in [0.717, 1.165) is 13.0 Å². The molecule has 0 aromatic carbocycles. The zero-order valence-corrected chi connectivity index (χ0v) is 12.6. The first-order valence-electron chi connectivity index (χ1n) is 7.23. The molecule has 2 unspecified atom stereocenters. The van der Waals surface area contributed by atoms with Gasteiger partial charge in [-0.1, -0.05) is 6.92 Å². The van der Waals surface area contributed by atoms with Gasteiger partial charge in [-0.15, -0.1) is 0 Å². The molecule has 0 radical (unpaired) electrons. The van der Waals surface area contributed by atoms with Crippen LogP contribution in [-0.4, -0.2) is 49.4 Å². The number of aromatic nitrogens is 6. The van der Waals surface area contributed by atoms with E-state index in [9.17, 15) is 0 Å². The van der Waals surface area contributed by atoms with E-state index in [1.807, 2.05) is 0 Å². The highest BCUT2D eigenvalue weighted by atomic mass is 15.4. The molecular formula is C13H20N8. The number of nitrogens with one attached hydrogen (secondary N) is 1. The van der Waals surface area contributed by atoms with E-state index in [0.29, 0.717) is 29.8 Å². The lowest BCUT2D eigenvalue weighted by molar-refractivity contribution is 0.385. The predicted molar refractivity (Wildman–Crippen MR) is 79.5 cm³/mol. The Labute approximate surface area is 123 Å². The van der Waals surface area contributed by atoms with E-state index in [-0.39, 0.29) is 0 Å². The van der Waals surface area contributed by atoms with Crippen molar-refractivity contribution in [2.75, 3.05) is 23.8 Å². The molecule has 0 bridgehead atoms. The molecule has 21 heavy (non-hydrogen) atoms. The highest BCUT2D eigenvalue weighted by molar-refractivity contribution is 5.41. The topological polar surface area (TPSA) is 84.7 Å². The maximum atomic E-state index is 4.56. The summed E-state index contributed by atoms with van der Waals surface area (Å²) in [7, 11) is 1.80. The molecule has 1 aliphatic rings. The van der Waals surface area contributed by atoms with Crippen LogP contribution in [0.3, 0.4) is 0 Å². The third-order valence-corrected chi connectivity index (χ3v) is 3.83. The lowest BCUT2D eigenvalue weighted by Crippen LogP contribution is -2.42. The van der Waals surface area contributed by atoms with E-state index in [4.69, 9.17) is 0 Å². The SMILES string of the molecule is CNc1nc(N2CC(C)CCC2C)nc(-n2cncn2)n1. The first-order valence-corrected chi connectivity index (χ1v) is 7.23. The number of nitrogens with zero attached hydrogens (tertiary/aromatic N) is 7. The summed E-state index contributed by atoms with van der Waals surface area (Å²) < 4.78 is 1.55. The van der Waals surface area contributed by atoms with Crippen molar-refractivity contribution >= 4 is 11.9 Å². The van der Waals surface area contributed by atoms with E-state index in [2.05, 4.69) is 49.1 Å². The smallest absolute Gasteiger partial charge is 0.258 e. The number of hydrogen-bond acceptors (Lipinski definition) is 7. The van der Waals surface area contributed by atoms with Gasteiger partial charge in [0.05, 0.1) is 0 Å². The second-order valence-corrected chi connectivity index (χ2v) is 5.53. The quantitative estimate of drug-likeness (QED) is 0.905. The Morgan fingerprint density at radius 3 is 2.67 bits per heavy atom. The second-order valence-electron chi connectivity index (χ2n) is 5.53. The van der Waals surface area contributed by atoms with Gasteiger partial charge in [-0.3, -0.25) is 0 Å². The average molecular weight is 288 g/mol. The molecule has 3 rings (SSSR count). The lowest BCUT2D eigenvalue weighted by Gasteiger charge is -2.36. The first kappa shape index (κ1) is 13.7. The lowest BCUT2D eigenvalue weighted by atomic mass is 9.95. The van der Waals surface area contributed by atoms with Gasteiger partial charge in [-0.05, 0) is 25.7 Å². The molecule has 1 N–H and O–H groups in total. The van der Waals surface area contributed by atoms with Crippen LogP contribution in [0.1, 0.15) is 26.7 Å². The molecule has 3 heterocycles. The highest BCUT2D eigenvalue weighted by Gasteiger charge is 2.26. The molecule has 1 saturated heterocycles. The van der Waals surface area contributed by atoms with Crippen molar-refractivity contribution in [1.29, 1.82) is 0 Å². The highest BCUT2D eigenvalue weighted by Crippen LogP contribution is 2.25. The Morgan fingerprint density at radius 2 is 1.95 bits per heavy atom. The number of hydrogen-bond donors (Lipinski definition) is 1. The minimum Gasteiger partial charge on any atom is -0.357 e. The third-order valence-electron chi connectivity index (χ3n) is 3.83. The van der Waals surface area contributed by atoms with Crippen molar-refractivity contribution in [2.45, 2.75) is 32.7 Å². The van der Waals surface area contributed by atoms with E-state index in [1.165, 1.54) is 12.7 Å². The van der Waals surface area contributed by atoms with Gasteiger partial charge in [-0.25, -0.2) is 4.98 Å². The zero-order chi connectivity index (χ0) is 14.8. The van der Waals surface area contributed by atoms with Crippen molar-refractivity contribution in [3.63, 3.8) is 0 Å². The van der Waals surface area contributed by atoms with Gasteiger partial charge in [0.2, 0.25) is 11.9 Å². The zero-order valence-electron chi connectivity index (χ0n) is 12.6. The van der Waals surface area contributed by atoms with Crippen LogP contribution in [0, 0.1) is 5.92 Å². The van der Waals surface area contributed by atoms with E-state index < -0.39 is 0 Å². The molecule has 112 valence electrons. The summed E-state index contributed by atoms with van der Waals surface area (Å²) in [6, 6.07) is 0.428. The molecule has 8 nitrogen and oxygen atoms in total. The van der Waals surface area contributed by atoms with Crippen LogP contribution in [0.25, 0.3) is 5.95 Å². The van der Waals surface area contributed by atoms with Gasteiger partial charge in [0.1, 0.15) is 12.7 Å². The molecule has 2 aromatic rings. The fourth-order valence-electron chi connectivity index (χ4n) is 2.58. The maximum absolute atomic E-state index is 4.56. The van der Waals surface area contributed by atoms with E-state index >= 15 is 0 Å². The monoisotopic (exact) mass is 288 g/mol. The van der Waals surface area contributed by atoms with Crippen LogP contribution in [0.4, 0.5) is 11.9 Å². The van der Waals surface area contributed by atoms with Crippen LogP contribution in [0.2, 0.25) is 0 Å². The van der Waals surface area contributed by atoms with Gasteiger partial charge in [0, 0.05) is 19.6 Å². The molecule has 2 atom stereocenters. The van der Waals surface area contributed by atoms with Crippen molar-refractivity contribution < 1.29 is 0 Å². The normalized spacial score (nSPS) is 22.3. The predicted octanol–water partition coefficient (Wildman–Crippen LogP) is 1.12. The standard InChI is InChI=1S/C13H20N8/c1-9-4-5-10(2)20(6-9)12-17-11(14-3)18-13(19-12)21-8-15-7-16-21/h7-10H,4-6H2,1-3H3,(H,14,17,18,19). The Hall–Kier alpha value is -2.25. The summed E-state index contributed by atoms with van der Waals surface area (Å²) >= 11 is 0. The number of anilines is 2. The average Bonchev–Trinajstić information content (AvgIpc) is 3.03. The molecule has 2 aromatic heterocycles. The second kappa shape index (κ2) is 5.63. The summed E-state index contributed by atoms with van der Waals surface area (Å²) in [5.74, 6) is 2.35. The van der Waals surface area contributed by atoms with Crippen LogP contribution < -0.4 is 10.2 Å². The molecule has 0 aliphatic carbocycles. The van der Waals surface area contributed by atoms with Crippen molar-refractivity contribution in [3.05, 3.63) is 12.7 Å². The molecule has 1 fully saturated rings. The van der Waals surface area contributed by atoms with Crippen LogP contribution in [0.5, 0.6) is 0 Å². The van der Waals surface area contributed by atoms with Crippen molar-refractivity contribution in [2.24, 2.45) is 5.92 Å². The van der Waals surface area contributed by atoms with Gasteiger partial charge in [0.15, 0.2) is 0 Å². The van der Waals surface area contributed by atoms with Gasteiger partial charge in [-0.2, -0.15) is 24.7 Å². The van der Waals surface area contributed by atoms with Crippen LogP contribution in [0.15, 0.2) is 12.7 Å². The minimum absolute atomic E-state index is 0.428. The number of rotatable bonds is 3. The van der Waals surface area contributed by atoms with Gasteiger partial charge in [0.25, 0.3) is 5.95 Å². The van der Waals surface area contributed by atoms with Crippen LogP contribution in [-0.2, 0) is 0 Å². The van der Waals surface area contributed by atoms with Gasteiger partial charge >= 0.3 is 0 Å². The largest absolute Gasteiger partial charge is 0.357 e. The van der Waals surface area contributed by atoms with E-state index in [1.54, 1.807) is 18.1 Å². The summed E-state index contributed by atoms with van der Waals surface area (Å²) in [5.41, 5.74) is 0. The summed E-state index contributed by atoms with van der Waals surface area (Å²) in [6.07, 6.45) is 5.45. The van der Waals surface area contributed by atoms with Crippen LogP contribution >= 0.6 is 0 Å².